The molecule has 2 aromatic heterocycles. The van der Waals surface area contributed by atoms with Crippen molar-refractivity contribution in [2.75, 3.05) is 36.0 Å². The lowest BCUT2D eigenvalue weighted by Gasteiger charge is -2.37. The molecule has 41 heavy (non-hydrogen) atoms. The molecule has 11 nitrogen and oxygen atoms in total. The Balaban J connectivity index is 1.30. The van der Waals surface area contributed by atoms with Gasteiger partial charge in [0.15, 0.2) is 11.2 Å². The van der Waals surface area contributed by atoms with Crippen molar-refractivity contribution >= 4 is 34.6 Å². The van der Waals surface area contributed by atoms with E-state index in [1.54, 1.807) is 29.8 Å². The van der Waals surface area contributed by atoms with Crippen LogP contribution in [0.1, 0.15) is 12.0 Å². The molecule has 2 amide bonds. The molecule has 0 aliphatic carbocycles. The number of aromatic nitrogens is 4. The van der Waals surface area contributed by atoms with Gasteiger partial charge in [-0.05, 0) is 29.8 Å². The van der Waals surface area contributed by atoms with Crippen molar-refractivity contribution in [1.29, 1.82) is 0 Å². The van der Waals surface area contributed by atoms with Crippen LogP contribution in [0.4, 0.5) is 20.4 Å². The number of piperazine rings is 1. The summed E-state index contributed by atoms with van der Waals surface area (Å²) < 4.78 is 32.0. The largest absolute Gasteiger partial charge is 0.340 e. The molecule has 0 N–H and O–H groups in total. The summed E-state index contributed by atoms with van der Waals surface area (Å²) in [6.45, 7) is 1.86. The first-order valence-electron chi connectivity index (χ1n) is 13.2. The third-order valence-electron chi connectivity index (χ3n) is 7.84. The van der Waals surface area contributed by atoms with Gasteiger partial charge in [0.1, 0.15) is 11.6 Å². The van der Waals surface area contributed by atoms with Crippen LogP contribution in [0.5, 0.6) is 0 Å². The number of aryl methyl sites for hydroxylation is 1. The number of hydrogen-bond donors (Lipinski definition) is 0. The van der Waals surface area contributed by atoms with Gasteiger partial charge in [0.2, 0.25) is 11.9 Å². The molecule has 0 spiro atoms. The quantitative estimate of drug-likeness (QED) is 0.336. The zero-order chi connectivity index (χ0) is 29.0. The van der Waals surface area contributed by atoms with Gasteiger partial charge in [-0.3, -0.25) is 33.0 Å². The molecule has 4 heterocycles. The summed E-state index contributed by atoms with van der Waals surface area (Å²) in [5, 5.41) is 0. The minimum absolute atomic E-state index is 0.0472. The minimum Gasteiger partial charge on any atom is -0.340 e. The van der Waals surface area contributed by atoms with E-state index in [1.807, 2.05) is 9.80 Å². The molecular weight excluding hydrogens is 536 g/mol. The fraction of sp³-hybridized carbons (Fsp3) is 0.321. The molecule has 0 bridgehead atoms. The Morgan fingerprint density at radius 1 is 0.878 bits per heavy atom. The van der Waals surface area contributed by atoms with Gasteiger partial charge in [-0.25, -0.2) is 18.5 Å². The average molecular weight is 564 g/mol. The highest BCUT2D eigenvalue weighted by Crippen LogP contribution is 2.29. The lowest BCUT2D eigenvalue weighted by Crippen LogP contribution is -2.53. The number of halogens is 2. The zero-order valence-corrected chi connectivity index (χ0v) is 22.5. The number of imide groups is 1. The Bertz CT molecular complexity index is 1800. The Morgan fingerprint density at radius 2 is 1.56 bits per heavy atom. The van der Waals surface area contributed by atoms with Gasteiger partial charge >= 0.3 is 5.69 Å². The summed E-state index contributed by atoms with van der Waals surface area (Å²) in [7, 11) is 2.95. The summed E-state index contributed by atoms with van der Waals surface area (Å²) in [6.07, 6.45) is -0.0472. The zero-order valence-electron chi connectivity index (χ0n) is 22.5. The summed E-state index contributed by atoms with van der Waals surface area (Å²) in [6, 6.07) is 10.9. The van der Waals surface area contributed by atoms with Crippen LogP contribution in [0.2, 0.25) is 0 Å². The summed E-state index contributed by atoms with van der Waals surface area (Å²) in [5.74, 6) is -1.47. The van der Waals surface area contributed by atoms with Gasteiger partial charge in [0.05, 0.1) is 24.7 Å². The lowest BCUT2D eigenvalue weighted by molar-refractivity contribution is -0.123. The van der Waals surface area contributed by atoms with Gasteiger partial charge in [-0.1, -0.05) is 24.3 Å². The number of anilines is 2. The second kappa shape index (κ2) is 10.1. The van der Waals surface area contributed by atoms with Crippen LogP contribution < -0.4 is 21.0 Å². The van der Waals surface area contributed by atoms with E-state index in [4.69, 9.17) is 4.98 Å². The minimum atomic E-state index is -0.713. The first kappa shape index (κ1) is 26.6. The molecule has 0 saturated carbocycles. The molecule has 1 unspecified atom stereocenters. The fourth-order valence-electron chi connectivity index (χ4n) is 5.62. The van der Waals surface area contributed by atoms with E-state index in [2.05, 4.69) is 0 Å². The van der Waals surface area contributed by atoms with Gasteiger partial charge in [-0.15, -0.1) is 0 Å². The van der Waals surface area contributed by atoms with E-state index in [9.17, 15) is 28.0 Å². The van der Waals surface area contributed by atoms with Crippen LogP contribution in [0, 0.1) is 11.6 Å². The van der Waals surface area contributed by atoms with Gasteiger partial charge in [-0.2, -0.15) is 4.98 Å². The number of para-hydroxylation sites is 1. The van der Waals surface area contributed by atoms with Crippen molar-refractivity contribution < 1.29 is 18.4 Å². The first-order valence-corrected chi connectivity index (χ1v) is 13.2. The van der Waals surface area contributed by atoms with Crippen molar-refractivity contribution in [3.05, 3.63) is 86.6 Å². The van der Waals surface area contributed by atoms with Crippen molar-refractivity contribution in [3.63, 3.8) is 0 Å². The van der Waals surface area contributed by atoms with Gasteiger partial charge in [0.25, 0.3) is 11.5 Å². The maximum atomic E-state index is 14.4. The van der Waals surface area contributed by atoms with E-state index in [-0.39, 0.29) is 35.6 Å². The van der Waals surface area contributed by atoms with Gasteiger partial charge < -0.3 is 4.90 Å². The Hall–Kier alpha value is -4.65. The number of carbonyl (C=O) groups is 2. The molecular formula is C28H27F2N7O4. The molecule has 212 valence electrons. The molecule has 2 aliphatic heterocycles. The number of amides is 2. The summed E-state index contributed by atoms with van der Waals surface area (Å²) in [4.78, 5) is 61.3. The van der Waals surface area contributed by atoms with Crippen molar-refractivity contribution in [3.8, 4) is 0 Å². The second-order valence-corrected chi connectivity index (χ2v) is 10.3. The predicted octanol–water partition coefficient (Wildman–Crippen LogP) is 1.21. The number of rotatable bonds is 5. The maximum Gasteiger partial charge on any atom is 0.332 e. The Kier molecular flexibility index (Phi) is 6.53. The van der Waals surface area contributed by atoms with E-state index < -0.39 is 34.9 Å². The van der Waals surface area contributed by atoms with Crippen LogP contribution in [0.3, 0.4) is 0 Å². The summed E-state index contributed by atoms with van der Waals surface area (Å²) >= 11 is 0. The van der Waals surface area contributed by atoms with Crippen LogP contribution in [-0.2, 0) is 30.2 Å². The lowest BCUT2D eigenvalue weighted by atomic mass is 10.1. The normalized spacial score (nSPS) is 18.2. The molecule has 2 aromatic carbocycles. The van der Waals surface area contributed by atoms with Crippen LogP contribution in [0.25, 0.3) is 11.2 Å². The van der Waals surface area contributed by atoms with Crippen molar-refractivity contribution in [1.82, 2.24) is 23.6 Å². The van der Waals surface area contributed by atoms with E-state index >= 15 is 0 Å². The Morgan fingerprint density at radius 3 is 2.24 bits per heavy atom. The average Bonchev–Trinajstić information content (AvgIpc) is 3.49. The van der Waals surface area contributed by atoms with Gasteiger partial charge in [0, 0.05) is 40.3 Å². The number of benzene rings is 2. The Labute approximate surface area is 232 Å². The highest BCUT2D eigenvalue weighted by Gasteiger charge is 2.44. The number of carbonyl (C=O) groups excluding carboxylic acids is 2. The predicted molar refractivity (Wildman–Crippen MR) is 147 cm³/mol. The number of hydrogen-bond acceptors (Lipinski definition) is 7. The SMILES string of the molecule is Cn1c(=O)c2c(nc(N3CCN(C4CC(=O)N(c5ccccc5F)C4=O)CC3)n2Cc2ccc(F)cc2)n(C)c1=O. The van der Waals surface area contributed by atoms with Crippen LogP contribution >= 0.6 is 0 Å². The molecule has 4 aromatic rings. The number of imidazole rings is 1. The third-order valence-corrected chi connectivity index (χ3v) is 7.84. The maximum absolute atomic E-state index is 14.4. The smallest absolute Gasteiger partial charge is 0.332 e. The molecule has 0 radical (unpaired) electrons. The van der Waals surface area contributed by atoms with Crippen molar-refractivity contribution in [2.24, 2.45) is 14.1 Å². The third kappa shape index (κ3) is 4.42. The standard InChI is InChI=1S/C28H27F2N7O4/c1-32-24-23(26(40)33(2)28(32)41)36(16-17-7-9-18(29)10-8-17)27(31-24)35-13-11-34(12-14-35)21-15-22(38)37(25(21)39)20-6-4-3-5-19(20)30/h3-10,21H,11-16H2,1-2H3. The van der Waals surface area contributed by atoms with E-state index in [0.717, 1.165) is 15.0 Å². The molecule has 2 fully saturated rings. The molecule has 13 heteroatoms. The van der Waals surface area contributed by atoms with Crippen LogP contribution in [0.15, 0.2) is 58.1 Å². The highest BCUT2D eigenvalue weighted by atomic mass is 19.1. The van der Waals surface area contributed by atoms with Crippen molar-refractivity contribution in [2.45, 2.75) is 19.0 Å². The number of fused-ring (bicyclic) bond motifs is 1. The molecule has 1 atom stereocenters. The topological polar surface area (TPSA) is 106 Å². The second-order valence-electron chi connectivity index (χ2n) is 10.3. The molecule has 2 aliphatic rings. The van der Waals surface area contributed by atoms with E-state index in [0.29, 0.717) is 32.1 Å². The highest BCUT2D eigenvalue weighted by molar-refractivity contribution is 6.22. The first-order chi connectivity index (χ1) is 19.7. The fourth-order valence-corrected chi connectivity index (χ4v) is 5.62. The molecule has 6 rings (SSSR count). The summed E-state index contributed by atoms with van der Waals surface area (Å²) in [5.41, 5.74) is 0.165. The monoisotopic (exact) mass is 563 g/mol. The van der Waals surface area contributed by atoms with E-state index in [1.165, 1.54) is 41.9 Å². The van der Waals surface area contributed by atoms with Crippen LogP contribution in [-0.4, -0.2) is 67.6 Å². The number of nitrogens with zero attached hydrogens (tertiary/aromatic N) is 7. The molecule has 2 saturated heterocycles.